The van der Waals surface area contributed by atoms with E-state index in [-0.39, 0.29) is 11.1 Å². The summed E-state index contributed by atoms with van der Waals surface area (Å²) < 4.78 is 39.7. The molecule has 2 nitrogen and oxygen atoms in total. The molecule has 2 rings (SSSR count). The fourth-order valence-corrected chi connectivity index (χ4v) is 1.67. The molecule has 0 aromatic heterocycles. The summed E-state index contributed by atoms with van der Waals surface area (Å²) in [5.74, 6) is -4.21. The number of carboxylic acids is 1. The molecule has 0 saturated carbocycles. The van der Waals surface area contributed by atoms with Crippen molar-refractivity contribution in [3.8, 4) is 11.1 Å². The van der Waals surface area contributed by atoms with E-state index in [0.717, 1.165) is 18.2 Å². The molecule has 0 aliphatic heterocycles. The maximum Gasteiger partial charge on any atom is 0.339 e. The zero-order valence-electron chi connectivity index (χ0n) is 8.95. The van der Waals surface area contributed by atoms with Crippen molar-refractivity contribution in [3.05, 3.63) is 59.4 Å². The third kappa shape index (κ3) is 2.07. The summed E-state index contributed by atoms with van der Waals surface area (Å²) in [6, 6.07) is 6.17. The van der Waals surface area contributed by atoms with Gasteiger partial charge in [-0.25, -0.2) is 18.0 Å². The molecular weight excluding hydrogens is 245 g/mol. The van der Waals surface area contributed by atoms with E-state index in [9.17, 15) is 18.0 Å². The van der Waals surface area contributed by atoms with Gasteiger partial charge in [-0.05, 0) is 18.2 Å². The Balaban J connectivity index is 2.71. The van der Waals surface area contributed by atoms with Crippen molar-refractivity contribution < 1.29 is 23.1 Å². The number of aromatic carboxylic acids is 1. The maximum atomic E-state index is 13.6. The molecule has 18 heavy (non-hydrogen) atoms. The largest absolute Gasteiger partial charge is 0.478 e. The zero-order chi connectivity index (χ0) is 13.3. The molecule has 5 heteroatoms. The quantitative estimate of drug-likeness (QED) is 0.888. The van der Waals surface area contributed by atoms with Gasteiger partial charge in [-0.2, -0.15) is 0 Å². The van der Waals surface area contributed by atoms with Crippen molar-refractivity contribution >= 4 is 5.97 Å². The Labute approximate surface area is 100 Å². The van der Waals surface area contributed by atoms with Gasteiger partial charge < -0.3 is 5.11 Å². The Bertz CT molecular complexity index is 624. The lowest BCUT2D eigenvalue weighted by Gasteiger charge is -2.08. The molecule has 2 aromatic carbocycles. The van der Waals surface area contributed by atoms with Crippen LogP contribution >= 0.6 is 0 Å². The lowest BCUT2D eigenvalue weighted by atomic mass is 9.99. The topological polar surface area (TPSA) is 37.3 Å². The summed E-state index contributed by atoms with van der Waals surface area (Å²) in [6.07, 6.45) is 0. The Morgan fingerprint density at radius 3 is 2.28 bits per heavy atom. The summed E-state index contributed by atoms with van der Waals surface area (Å²) >= 11 is 0. The molecule has 0 heterocycles. The van der Waals surface area contributed by atoms with Gasteiger partial charge in [-0.3, -0.25) is 0 Å². The first-order valence-corrected chi connectivity index (χ1v) is 4.98. The van der Waals surface area contributed by atoms with Crippen LogP contribution in [0.15, 0.2) is 36.4 Å². The molecular formula is C13H7F3O2. The van der Waals surface area contributed by atoms with Crippen LogP contribution < -0.4 is 0 Å². The fraction of sp³-hybridized carbons (Fsp3) is 0. The minimum Gasteiger partial charge on any atom is -0.478 e. The van der Waals surface area contributed by atoms with Crippen LogP contribution in [0.25, 0.3) is 11.1 Å². The van der Waals surface area contributed by atoms with Crippen molar-refractivity contribution in [2.24, 2.45) is 0 Å². The van der Waals surface area contributed by atoms with Crippen LogP contribution in [0.2, 0.25) is 0 Å². The number of carboxylic acid groups (broad SMARTS) is 1. The molecule has 0 spiro atoms. The predicted octanol–water partition coefficient (Wildman–Crippen LogP) is 3.47. The molecule has 0 unspecified atom stereocenters. The van der Waals surface area contributed by atoms with E-state index in [2.05, 4.69) is 0 Å². The zero-order valence-corrected chi connectivity index (χ0v) is 8.95. The summed E-state index contributed by atoms with van der Waals surface area (Å²) in [4.78, 5) is 11.0. The van der Waals surface area contributed by atoms with E-state index in [1.807, 2.05) is 0 Å². The van der Waals surface area contributed by atoms with Crippen LogP contribution in [0, 0.1) is 17.5 Å². The summed E-state index contributed by atoms with van der Waals surface area (Å²) in [7, 11) is 0. The van der Waals surface area contributed by atoms with Gasteiger partial charge in [0.05, 0.1) is 0 Å². The van der Waals surface area contributed by atoms with Crippen LogP contribution in [-0.2, 0) is 0 Å². The summed E-state index contributed by atoms with van der Waals surface area (Å²) in [6.45, 7) is 0. The maximum absolute atomic E-state index is 13.6. The van der Waals surface area contributed by atoms with E-state index in [1.54, 1.807) is 0 Å². The van der Waals surface area contributed by atoms with Gasteiger partial charge in [0.1, 0.15) is 23.0 Å². The Morgan fingerprint density at radius 2 is 1.67 bits per heavy atom. The molecule has 0 aliphatic rings. The summed E-state index contributed by atoms with van der Waals surface area (Å²) in [5.41, 5.74) is -0.920. The highest BCUT2D eigenvalue weighted by molar-refractivity contribution is 5.96. The molecule has 0 aliphatic carbocycles. The molecule has 1 N–H and O–H groups in total. The minimum atomic E-state index is -1.51. The predicted molar refractivity (Wildman–Crippen MR) is 58.7 cm³/mol. The molecule has 0 amide bonds. The molecule has 2 aromatic rings. The van der Waals surface area contributed by atoms with Crippen LogP contribution in [-0.4, -0.2) is 11.1 Å². The SMILES string of the molecule is O=C(O)c1c(F)cccc1-c1ccc(F)cc1F. The number of rotatable bonds is 2. The van der Waals surface area contributed by atoms with Crippen molar-refractivity contribution in [1.29, 1.82) is 0 Å². The van der Waals surface area contributed by atoms with Gasteiger partial charge in [-0.15, -0.1) is 0 Å². The second-order valence-electron chi connectivity index (χ2n) is 3.59. The van der Waals surface area contributed by atoms with Crippen molar-refractivity contribution in [3.63, 3.8) is 0 Å². The Kier molecular flexibility index (Phi) is 3.06. The summed E-state index contributed by atoms with van der Waals surface area (Å²) in [5, 5.41) is 8.92. The van der Waals surface area contributed by atoms with Crippen LogP contribution in [0.3, 0.4) is 0 Å². The highest BCUT2D eigenvalue weighted by atomic mass is 19.1. The van der Waals surface area contributed by atoms with E-state index in [0.29, 0.717) is 6.07 Å². The van der Waals surface area contributed by atoms with Crippen LogP contribution in [0.1, 0.15) is 10.4 Å². The van der Waals surface area contributed by atoms with Crippen LogP contribution in [0.5, 0.6) is 0 Å². The minimum absolute atomic E-state index is 0.125. The molecule has 0 atom stereocenters. The van der Waals surface area contributed by atoms with Gasteiger partial charge >= 0.3 is 5.97 Å². The second kappa shape index (κ2) is 4.52. The highest BCUT2D eigenvalue weighted by Gasteiger charge is 2.19. The normalized spacial score (nSPS) is 10.4. The smallest absolute Gasteiger partial charge is 0.339 e. The standard InChI is InChI=1S/C13H7F3O2/c14-7-4-5-8(11(16)6-7)9-2-1-3-10(15)12(9)13(17)18/h1-6H,(H,17,18). The van der Waals surface area contributed by atoms with Crippen molar-refractivity contribution in [2.75, 3.05) is 0 Å². The second-order valence-corrected chi connectivity index (χ2v) is 3.59. The third-order valence-electron chi connectivity index (χ3n) is 2.45. The van der Waals surface area contributed by atoms with Gasteiger partial charge in [0.25, 0.3) is 0 Å². The van der Waals surface area contributed by atoms with E-state index in [4.69, 9.17) is 5.11 Å². The van der Waals surface area contributed by atoms with Gasteiger partial charge in [0.15, 0.2) is 0 Å². The number of benzene rings is 2. The number of carbonyl (C=O) groups is 1. The average molecular weight is 252 g/mol. The van der Waals surface area contributed by atoms with E-state index < -0.39 is 29.0 Å². The van der Waals surface area contributed by atoms with Crippen LogP contribution in [0.4, 0.5) is 13.2 Å². The number of hydrogen-bond donors (Lipinski definition) is 1. The number of hydrogen-bond acceptors (Lipinski definition) is 1. The molecule has 0 fully saturated rings. The first kappa shape index (κ1) is 12.2. The molecule has 0 saturated heterocycles. The monoisotopic (exact) mass is 252 g/mol. The third-order valence-corrected chi connectivity index (χ3v) is 2.45. The lowest BCUT2D eigenvalue weighted by Crippen LogP contribution is -2.04. The van der Waals surface area contributed by atoms with Gasteiger partial charge in [-0.1, -0.05) is 12.1 Å². The van der Waals surface area contributed by atoms with Crippen molar-refractivity contribution in [2.45, 2.75) is 0 Å². The van der Waals surface area contributed by atoms with E-state index >= 15 is 0 Å². The van der Waals surface area contributed by atoms with Crippen molar-refractivity contribution in [1.82, 2.24) is 0 Å². The molecule has 0 bridgehead atoms. The Morgan fingerprint density at radius 1 is 0.944 bits per heavy atom. The number of halogens is 3. The first-order valence-electron chi connectivity index (χ1n) is 4.98. The highest BCUT2D eigenvalue weighted by Crippen LogP contribution is 2.28. The molecule has 0 radical (unpaired) electrons. The fourth-order valence-electron chi connectivity index (χ4n) is 1.67. The average Bonchev–Trinajstić information content (AvgIpc) is 2.28. The van der Waals surface area contributed by atoms with Gasteiger partial charge in [0.2, 0.25) is 0 Å². The van der Waals surface area contributed by atoms with E-state index in [1.165, 1.54) is 12.1 Å². The lowest BCUT2D eigenvalue weighted by molar-refractivity contribution is 0.0693. The first-order chi connectivity index (χ1) is 8.50. The molecule has 92 valence electrons. The Hall–Kier alpha value is -2.30. The van der Waals surface area contributed by atoms with Gasteiger partial charge in [0, 0.05) is 17.2 Å².